The van der Waals surface area contributed by atoms with Gasteiger partial charge in [0, 0.05) is 6.04 Å². The summed E-state index contributed by atoms with van der Waals surface area (Å²) in [5.74, 6) is -0.496. The number of aliphatic carboxylic acids is 1. The van der Waals surface area contributed by atoms with Crippen molar-refractivity contribution in [1.82, 2.24) is 14.8 Å². The maximum atomic E-state index is 11.9. The van der Waals surface area contributed by atoms with Crippen LogP contribution in [-0.4, -0.2) is 31.6 Å². The molecule has 0 aromatic carbocycles. The number of aromatic amines is 1. The Hall–Kier alpha value is -1.24. The number of H-pyrrole nitrogens is 1. The Bertz CT molecular complexity index is 497. The predicted octanol–water partition coefficient (Wildman–Crippen LogP) is 1.89. The van der Waals surface area contributed by atoms with Gasteiger partial charge in [-0.3, -0.25) is 9.36 Å². The summed E-state index contributed by atoms with van der Waals surface area (Å²) in [5, 5.41) is 15.6. The molecular weight excluding hydrogens is 266 g/mol. The minimum Gasteiger partial charge on any atom is -0.481 e. The lowest BCUT2D eigenvalue weighted by molar-refractivity contribution is -0.133. The second-order valence-corrected chi connectivity index (χ2v) is 5.83. The molecule has 1 aromatic rings. The zero-order valence-electron chi connectivity index (χ0n) is 11.0. The molecule has 2 N–H and O–H groups in total. The number of carboxylic acids is 1. The molecule has 19 heavy (non-hydrogen) atoms. The third-order valence-electron chi connectivity index (χ3n) is 3.72. The second-order valence-electron chi connectivity index (χ2n) is 4.88. The zero-order chi connectivity index (χ0) is 13.8. The fraction of sp³-hybridized carbons (Fsp3) is 0.750. The largest absolute Gasteiger partial charge is 0.481 e. The topological polar surface area (TPSA) is 88.0 Å². The highest BCUT2D eigenvalue weighted by Gasteiger charge is 2.28. The summed E-state index contributed by atoms with van der Waals surface area (Å²) in [4.78, 5) is 22.6. The van der Waals surface area contributed by atoms with E-state index in [0.717, 1.165) is 37.4 Å². The van der Waals surface area contributed by atoms with Gasteiger partial charge in [-0.05, 0) is 18.8 Å². The molecule has 0 amide bonds. The minimum absolute atomic E-state index is 0.0756. The number of thioether (sulfide) groups is 1. The van der Waals surface area contributed by atoms with Crippen molar-refractivity contribution in [2.24, 2.45) is 5.92 Å². The number of rotatable bonds is 5. The maximum absolute atomic E-state index is 11.9. The zero-order valence-corrected chi connectivity index (χ0v) is 11.8. The quantitative estimate of drug-likeness (QED) is 0.807. The smallest absolute Gasteiger partial charge is 0.344 e. The molecule has 0 saturated heterocycles. The van der Waals surface area contributed by atoms with Crippen molar-refractivity contribution < 1.29 is 9.90 Å². The van der Waals surface area contributed by atoms with E-state index in [2.05, 4.69) is 17.1 Å². The lowest BCUT2D eigenvalue weighted by atomic mass is 9.83. The van der Waals surface area contributed by atoms with Crippen LogP contribution in [0, 0.1) is 5.92 Å². The van der Waals surface area contributed by atoms with Crippen LogP contribution in [0.4, 0.5) is 0 Å². The van der Waals surface area contributed by atoms with Crippen molar-refractivity contribution in [1.29, 1.82) is 0 Å². The first-order valence-electron chi connectivity index (χ1n) is 6.65. The number of nitrogens with zero attached hydrogens (tertiary/aromatic N) is 2. The normalized spacial score (nSPS) is 23.4. The fourth-order valence-electron chi connectivity index (χ4n) is 2.82. The van der Waals surface area contributed by atoms with Crippen LogP contribution in [0.15, 0.2) is 9.95 Å². The molecule has 2 atom stereocenters. The third-order valence-corrected chi connectivity index (χ3v) is 4.66. The lowest BCUT2D eigenvalue weighted by Crippen LogP contribution is -2.30. The molecule has 1 aliphatic rings. The van der Waals surface area contributed by atoms with Crippen molar-refractivity contribution in [3.63, 3.8) is 0 Å². The van der Waals surface area contributed by atoms with E-state index in [0.29, 0.717) is 11.1 Å². The average molecular weight is 285 g/mol. The monoisotopic (exact) mass is 285 g/mol. The Kier molecular flexibility index (Phi) is 4.68. The molecule has 1 aliphatic carbocycles. The highest BCUT2D eigenvalue weighted by atomic mass is 32.2. The molecule has 2 rings (SSSR count). The van der Waals surface area contributed by atoms with Gasteiger partial charge in [0.2, 0.25) is 0 Å². The molecule has 6 nitrogen and oxygen atoms in total. The van der Waals surface area contributed by atoms with Gasteiger partial charge in [-0.1, -0.05) is 37.9 Å². The van der Waals surface area contributed by atoms with E-state index >= 15 is 0 Å². The SMILES string of the molecule is CCC1CCCCC1n1c(SCC(=O)O)n[nH]c1=O. The van der Waals surface area contributed by atoms with Crippen molar-refractivity contribution in [2.75, 3.05) is 5.75 Å². The molecule has 1 heterocycles. The van der Waals surface area contributed by atoms with Crippen LogP contribution in [0.2, 0.25) is 0 Å². The van der Waals surface area contributed by atoms with E-state index in [1.807, 2.05) is 0 Å². The maximum Gasteiger partial charge on any atom is 0.344 e. The van der Waals surface area contributed by atoms with Gasteiger partial charge in [-0.2, -0.15) is 0 Å². The first-order chi connectivity index (χ1) is 9.13. The van der Waals surface area contributed by atoms with E-state index in [9.17, 15) is 9.59 Å². The van der Waals surface area contributed by atoms with Crippen LogP contribution in [0.25, 0.3) is 0 Å². The lowest BCUT2D eigenvalue weighted by Gasteiger charge is -2.31. The van der Waals surface area contributed by atoms with Gasteiger partial charge in [0.15, 0.2) is 5.16 Å². The van der Waals surface area contributed by atoms with E-state index < -0.39 is 5.97 Å². The van der Waals surface area contributed by atoms with Gasteiger partial charge in [0.25, 0.3) is 0 Å². The van der Waals surface area contributed by atoms with Gasteiger partial charge in [0.1, 0.15) is 0 Å². The summed E-state index contributed by atoms with van der Waals surface area (Å²) >= 11 is 1.10. The average Bonchev–Trinajstić information content (AvgIpc) is 2.77. The van der Waals surface area contributed by atoms with Crippen LogP contribution in [0.3, 0.4) is 0 Å². The molecular formula is C12H19N3O3S. The first kappa shape index (κ1) is 14.2. The van der Waals surface area contributed by atoms with Crippen LogP contribution in [0.1, 0.15) is 45.1 Å². The van der Waals surface area contributed by atoms with Crippen molar-refractivity contribution >= 4 is 17.7 Å². The molecule has 0 spiro atoms. The number of aromatic nitrogens is 3. The van der Waals surface area contributed by atoms with E-state index in [1.54, 1.807) is 4.57 Å². The summed E-state index contributed by atoms with van der Waals surface area (Å²) in [6, 6.07) is 0.154. The highest BCUT2D eigenvalue weighted by molar-refractivity contribution is 7.99. The summed E-state index contributed by atoms with van der Waals surface area (Å²) < 4.78 is 1.67. The van der Waals surface area contributed by atoms with E-state index in [1.165, 1.54) is 6.42 Å². The predicted molar refractivity (Wildman–Crippen MR) is 72.5 cm³/mol. The standard InChI is InChI=1S/C12H19N3O3S/c1-2-8-5-3-4-6-9(8)15-11(18)13-14-12(15)19-7-10(16)17/h8-9H,2-7H2,1H3,(H,13,18)(H,16,17). The molecule has 0 radical (unpaired) electrons. The molecule has 2 unspecified atom stereocenters. The van der Waals surface area contributed by atoms with Gasteiger partial charge in [-0.25, -0.2) is 9.89 Å². The third kappa shape index (κ3) is 3.20. The first-order valence-corrected chi connectivity index (χ1v) is 7.63. The Morgan fingerprint density at radius 3 is 2.95 bits per heavy atom. The highest BCUT2D eigenvalue weighted by Crippen LogP contribution is 2.36. The van der Waals surface area contributed by atoms with Crippen molar-refractivity contribution in [3.05, 3.63) is 10.5 Å². The molecule has 1 fully saturated rings. The van der Waals surface area contributed by atoms with E-state index in [-0.39, 0.29) is 17.5 Å². The molecule has 7 heteroatoms. The number of nitrogens with one attached hydrogen (secondary N) is 1. The molecule has 1 saturated carbocycles. The Balaban J connectivity index is 2.24. The Labute approximate surface area is 115 Å². The van der Waals surface area contributed by atoms with Gasteiger partial charge >= 0.3 is 11.7 Å². The summed E-state index contributed by atoms with van der Waals surface area (Å²) in [6.07, 6.45) is 5.45. The summed E-state index contributed by atoms with van der Waals surface area (Å²) in [7, 11) is 0. The second kappa shape index (κ2) is 6.27. The molecule has 0 aliphatic heterocycles. The van der Waals surface area contributed by atoms with Crippen LogP contribution in [-0.2, 0) is 4.79 Å². The Morgan fingerprint density at radius 2 is 2.26 bits per heavy atom. The molecule has 0 bridgehead atoms. The van der Waals surface area contributed by atoms with E-state index in [4.69, 9.17) is 5.11 Å². The fourth-order valence-corrected chi connectivity index (χ4v) is 3.54. The number of hydrogen-bond donors (Lipinski definition) is 2. The Morgan fingerprint density at radius 1 is 1.53 bits per heavy atom. The summed E-state index contributed by atoms with van der Waals surface area (Å²) in [6.45, 7) is 2.14. The molecule has 106 valence electrons. The minimum atomic E-state index is -0.900. The number of carboxylic acid groups (broad SMARTS) is 1. The van der Waals surface area contributed by atoms with Crippen LogP contribution >= 0.6 is 11.8 Å². The number of carbonyl (C=O) groups is 1. The van der Waals surface area contributed by atoms with Gasteiger partial charge < -0.3 is 5.11 Å². The van der Waals surface area contributed by atoms with Crippen molar-refractivity contribution in [3.8, 4) is 0 Å². The van der Waals surface area contributed by atoms with Crippen LogP contribution < -0.4 is 5.69 Å². The van der Waals surface area contributed by atoms with Crippen molar-refractivity contribution in [2.45, 2.75) is 50.2 Å². The summed E-state index contributed by atoms with van der Waals surface area (Å²) in [5.41, 5.74) is -0.224. The number of hydrogen-bond acceptors (Lipinski definition) is 4. The molecule has 1 aromatic heterocycles. The van der Waals surface area contributed by atoms with Gasteiger partial charge in [0.05, 0.1) is 5.75 Å². The van der Waals surface area contributed by atoms with Crippen LogP contribution in [0.5, 0.6) is 0 Å². The van der Waals surface area contributed by atoms with Gasteiger partial charge in [-0.15, -0.1) is 5.10 Å².